The Labute approximate surface area is 159 Å². The molecule has 2 saturated heterocycles. The topological polar surface area (TPSA) is 63.0 Å². The van der Waals surface area contributed by atoms with Crippen LogP contribution in [0.3, 0.4) is 0 Å². The number of thioether (sulfide) groups is 1. The molecule has 1 atom stereocenters. The lowest BCUT2D eigenvalue weighted by atomic mass is 9.91. The maximum absolute atomic E-state index is 12.6. The molecule has 1 spiro atoms. The number of rotatable bonds is 6. The summed E-state index contributed by atoms with van der Waals surface area (Å²) in [5.74, 6) is 1.90. The summed E-state index contributed by atoms with van der Waals surface area (Å²) in [5, 5.41) is 0. The second kappa shape index (κ2) is 7.94. The molecule has 1 aromatic rings. The van der Waals surface area contributed by atoms with E-state index in [1.54, 1.807) is 22.7 Å². The van der Waals surface area contributed by atoms with Crippen LogP contribution in [0.25, 0.3) is 0 Å². The van der Waals surface area contributed by atoms with E-state index in [1.807, 2.05) is 17.2 Å². The third kappa shape index (κ3) is 3.87. The van der Waals surface area contributed by atoms with E-state index in [0.717, 1.165) is 24.4 Å². The van der Waals surface area contributed by atoms with Crippen LogP contribution in [0.4, 0.5) is 4.79 Å². The first kappa shape index (κ1) is 19.1. The van der Waals surface area contributed by atoms with Gasteiger partial charge in [0.25, 0.3) is 5.91 Å². The van der Waals surface area contributed by atoms with Crippen LogP contribution < -0.4 is 0 Å². The minimum atomic E-state index is -0.441. The smallest absolute Gasteiger partial charge is 0.410 e. The SMILES string of the molecule is CCC[C@H](C)N1CC2(CCN(C(=O)c3ccc(CSC)o3)CC2)OC1=O. The van der Waals surface area contributed by atoms with Crippen molar-refractivity contribution in [1.29, 1.82) is 0 Å². The van der Waals surface area contributed by atoms with Gasteiger partial charge in [-0.05, 0) is 31.7 Å². The zero-order valence-corrected chi connectivity index (χ0v) is 16.6. The molecular weight excluding hydrogens is 352 g/mol. The zero-order valence-electron chi connectivity index (χ0n) is 15.8. The van der Waals surface area contributed by atoms with Crippen LogP contribution in [-0.2, 0) is 10.5 Å². The van der Waals surface area contributed by atoms with Crippen LogP contribution in [0.2, 0.25) is 0 Å². The van der Waals surface area contributed by atoms with Crippen LogP contribution in [0, 0.1) is 0 Å². The lowest BCUT2D eigenvalue weighted by Crippen LogP contribution is -2.49. The van der Waals surface area contributed by atoms with Gasteiger partial charge in [-0.2, -0.15) is 11.8 Å². The molecule has 144 valence electrons. The minimum Gasteiger partial charge on any atom is -0.455 e. The molecule has 0 unspecified atom stereocenters. The van der Waals surface area contributed by atoms with E-state index in [0.29, 0.717) is 38.2 Å². The molecule has 0 N–H and O–H groups in total. The monoisotopic (exact) mass is 380 g/mol. The second-order valence-electron chi connectivity index (χ2n) is 7.31. The highest BCUT2D eigenvalue weighted by atomic mass is 32.2. The lowest BCUT2D eigenvalue weighted by molar-refractivity contribution is 0.00216. The number of piperidine rings is 1. The number of amides is 2. The van der Waals surface area contributed by atoms with Crippen molar-refractivity contribution >= 4 is 23.8 Å². The summed E-state index contributed by atoms with van der Waals surface area (Å²) in [7, 11) is 0. The van der Waals surface area contributed by atoms with E-state index < -0.39 is 5.60 Å². The fourth-order valence-corrected chi connectivity index (χ4v) is 4.25. The fraction of sp³-hybridized carbons (Fsp3) is 0.684. The van der Waals surface area contributed by atoms with Crippen molar-refractivity contribution in [1.82, 2.24) is 9.80 Å². The highest BCUT2D eigenvalue weighted by Crippen LogP contribution is 2.35. The Morgan fingerprint density at radius 2 is 2.08 bits per heavy atom. The molecule has 0 radical (unpaired) electrons. The number of likely N-dealkylation sites (tertiary alicyclic amines) is 1. The first-order valence-electron chi connectivity index (χ1n) is 9.34. The molecule has 2 amide bonds. The van der Waals surface area contributed by atoms with Gasteiger partial charge in [0.1, 0.15) is 11.4 Å². The minimum absolute atomic E-state index is 0.0762. The normalized spacial score (nSPS) is 20.5. The van der Waals surface area contributed by atoms with Crippen molar-refractivity contribution in [3.8, 4) is 0 Å². The van der Waals surface area contributed by atoms with Crippen molar-refractivity contribution < 1.29 is 18.7 Å². The van der Waals surface area contributed by atoms with Crippen LogP contribution in [0.5, 0.6) is 0 Å². The standard InChI is InChI=1S/C19H28N2O4S/c1-4-5-14(2)21-13-19(25-18(21)23)8-10-20(11-9-19)17(22)16-7-6-15(24-16)12-26-3/h6-7,14H,4-5,8-13H2,1-3H3/t14-/m0/s1. The Morgan fingerprint density at radius 3 is 2.73 bits per heavy atom. The van der Waals surface area contributed by atoms with Gasteiger partial charge in [-0.1, -0.05) is 13.3 Å². The Hall–Kier alpha value is -1.63. The third-order valence-corrected chi connectivity index (χ3v) is 5.93. The number of nitrogens with zero attached hydrogens (tertiary/aromatic N) is 2. The van der Waals surface area contributed by atoms with Gasteiger partial charge in [0.2, 0.25) is 0 Å². The van der Waals surface area contributed by atoms with Gasteiger partial charge in [0, 0.05) is 32.0 Å². The summed E-state index contributed by atoms with van der Waals surface area (Å²) in [4.78, 5) is 28.6. The molecule has 2 aliphatic rings. The quantitative estimate of drug-likeness (QED) is 0.752. The molecule has 0 aliphatic carbocycles. The summed E-state index contributed by atoms with van der Waals surface area (Å²) in [5.41, 5.74) is -0.441. The molecule has 3 rings (SSSR count). The predicted octanol–water partition coefficient (Wildman–Crippen LogP) is 3.76. The number of furan rings is 1. The van der Waals surface area contributed by atoms with Gasteiger partial charge in [-0.3, -0.25) is 4.79 Å². The van der Waals surface area contributed by atoms with Crippen molar-refractivity contribution in [2.45, 2.75) is 56.9 Å². The van der Waals surface area contributed by atoms with Crippen molar-refractivity contribution in [3.63, 3.8) is 0 Å². The summed E-state index contributed by atoms with van der Waals surface area (Å²) in [6, 6.07) is 3.81. The Morgan fingerprint density at radius 1 is 1.35 bits per heavy atom. The molecular formula is C19H28N2O4S. The molecule has 7 heteroatoms. The number of hydrogen-bond acceptors (Lipinski definition) is 5. The van der Waals surface area contributed by atoms with Gasteiger partial charge >= 0.3 is 6.09 Å². The number of carbonyl (C=O) groups is 2. The van der Waals surface area contributed by atoms with Gasteiger partial charge in [0.15, 0.2) is 5.76 Å². The van der Waals surface area contributed by atoms with Gasteiger partial charge in [-0.25, -0.2) is 4.79 Å². The molecule has 3 heterocycles. The first-order valence-corrected chi connectivity index (χ1v) is 10.7. The van der Waals surface area contributed by atoms with E-state index in [-0.39, 0.29) is 18.0 Å². The molecule has 26 heavy (non-hydrogen) atoms. The summed E-state index contributed by atoms with van der Waals surface area (Å²) in [6.07, 6.45) is 5.17. The van der Waals surface area contributed by atoms with E-state index in [1.165, 1.54) is 0 Å². The van der Waals surface area contributed by atoms with Crippen LogP contribution >= 0.6 is 11.8 Å². The molecule has 0 aromatic carbocycles. The molecule has 6 nitrogen and oxygen atoms in total. The number of carbonyl (C=O) groups excluding carboxylic acids is 2. The molecule has 2 aliphatic heterocycles. The lowest BCUT2D eigenvalue weighted by Gasteiger charge is -2.37. The van der Waals surface area contributed by atoms with Crippen molar-refractivity contribution in [3.05, 3.63) is 23.7 Å². The van der Waals surface area contributed by atoms with E-state index in [2.05, 4.69) is 13.8 Å². The van der Waals surface area contributed by atoms with Gasteiger partial charge in [0.05, 0.1) is 12.3 Å². The third-order valence-electron chi connectivity index (χ3n) is 5.36. The highest BCUT2D eigenvalue weighted by molar-refractivity contribution is 7.97. The van der Waals surface area contributed by atoms with Crippen molar-refractivity contribution in [2.75, 3.05) is 25.9 Å². The molecule has 1 aromatic heterocycles. The zero-order chi connectivity index (χ0) is 18.7. The Kier molecular flexibility index (Phi) is 5.85. The maximum Gasteiger partial charge on any atom is 0.410 e. The van der Waals surface area contributed by atoms with Crippen molar-refractivity contribution in [2.24, 2.45) is 0 Å². The Balaban J connectivity index is 1.58. The van der Waals surface area contributed by atoms with E-state index in [9.17, 15) is 9.59 Å². The summed E-state index contributed by atoms with van der Waals surface area (Å²) in [6.45, 7) is 6.00. The molecule has 0 bridgehead atoms. The predicted molar refractivity (Wildman–Crippen MR) is 101 cm³/mol. The molecule has 0 saturated carbocycles. The Bertz CT molecular complexity index is 652. The highest BCUT2D eigenvalue weighted by Gasteiger charge is 2.48. The van der Waals surface area contributed by atoms with Crippen LogP contribution in [-0.4, -0.2) is 59.3 Å². The number of ether oxygens (including phenoxy) is 1. The molecule has 2 fully saturated rings. The largest absolute Gasteiger partial charge is 0.455 e. The van der Waals surface area contributed by atoms with Crippen LogP contribution in [0.1, 0.15) is 55.8 Å². The summed E-state index contributed by atoms with van der Waals surface area (Å²) < 4.78 is 11.4. The number of hydrogen-bond donors (Lipinski definition) is 0. The van der Waals surface area contributed by atoms with Crippen LogP contribution in [0.15, 0.2) is 16.5 Å². The first-order chi connectivity index (χ1) is 12.5. The maximum atomic E-state index is 12.6. The van der Waals surface area contributed by atoms with E-state index >= 15 is 0 Å². The van der Waals surface area contributed by atoms with Gasteiger partial charge < -0.3 is 19.0 Å². The second-order valence-corrected chi connectivity index (χ2v) is 8.17. The van der Waals surface area contributed by atoms with E-state index in [4.69, 9.17) is 9.15 Å². The average Bonchev–Trinajstić information content (AvgIpc) is 3.21. The average molecular weight is 381 g/mol. The fourth-order valence-electron chi connectivity index (χ4n) is 3.81. The van der Waals surface area contributed by atoms with Gasteiger partial charge in [-0.15, -0.1) is 0 Å². The summed E-state index contributed by atoms with van der Waals surface area (Å²) >= 11 is 1.66.